The van der Waals surface area contributed by atoms with E-state index in [1.165, 1.54) is 4.90 Å². The third-order valence-electron chi connectivity index (χ3n) is 7.25. The molecule has 0 bridgehead atoms. The highest BCUT2D eigenvalue weighted by atomic mass is 16.4. The summed E-state index contributed by atoms with van der Waals surface area (Å²) in [6.07, 6.45) is 4.15. The van der Waals surface area contributed by atoms with Gasteiger partial charge in [0, 0.05) is 54.9 Å². The Morgan fingerprint density at radius 1 is 1.26 bits per heavy atom. The minimum Gasteiger partial charge on any atom is -0.465 e. The van der Waals surface area contributed by atoms with Gasteiger partial charge >= 0.3 is 6.09 Å². The van der Waals surface area contributed by atoms with Crippen LogP contribution in [0.25, 0.3) is 5.57 Å². The number of nitrogens with one attached hydrogen (secondary N) is 2. The number of H-pyrrole nitrogens is 1. The molecule has 0 spiro atoms. The number of carbonyl (C=O) groups excluding carboxylic acids is 1. The SMILES string of the molecule is CCC(CN=Cc1c(C(=O)NCc2c(C)cc(C)[nH]c2=O)cc(C2=CCN(C(=O)O)CC2)nc1C)C(C)C. The minimum absolute atomic E-state index is 0.0924. The van der Waals surface area contributed by atoms with E-state index in [0.717, 1.165) is 23.3 Å². The van der Waals surface area contributed by atoms with Crippen molar-refractivity contribution in [2.24, 2.45) is 16.8 Å². The quantitative estimate of drug-likeness (QED) is 0.419. The number of carboxylic acid groups (broad SMARTS) is 1. The third kappa shape index (κ3) is 6.96. The third-order valence-corrected chi connectivity index (χ3v) is 7.25. The first-order chi connectivity index (χ1) is 18.0. The molecule has 0 aromatic carbocycles. The van der Waals surface area contributed by atoms with Crippen molar-refractivity contribution < 1.29 is 14.7 Å². The topological polar surface area (TPSA) is 128 Å². The maximum Gasteiger partial charge on any atom is 0.407 e. The summed E-state index contributed by atoms with van der Waals surface area (Å²) in [5.74, 6) is 0.620. The molecule has 204 valence electrons. The highest BCUT2D eigenvalue weighted by Gasteiger charge is 2.21. The number of rotatable bonds is 9. The average Bonchev–Trinajstić information content (AvgIpc) is 2.86. The van der Waals surface area contributed by atoms with E-state index in [-0.39, 0.29) is 24.6 Å². The molecule has 38 heavy (non-hydrogen) atoms. The van der Waals surface area contributed by atoms with Crippen LogP contribution in [-0.4, -0.2) is 57.8 Å². The molecule has 3 N–H and O–H groups in total. The van der Waals surface area contributed by atoms with Gasteiger partial charge in [-0.15, -0.1) is 0 Å². The van der Waals surface area contributed by atoms with Gasteiger partial charge in [0.25, 0.3) is 11.5 Å². The van der Waals surface area contributed by atoms with E-state index in [9.17, 15) is 19.5 Å². The predicted octanol–water partition coefficient (Wildman–Crippen LogP) is 4.49. The van der Waals surface area contributed by atoms with Crippen molar-refractivity contribution in [1.82, 2.24) is 20.2 Å². The van der Waals surface area contributed by atoms with Crippen LogP contribution < -0.4 is 10.9 Å². The van der Waals surface area contributed by atoms with Gasteiger partial charge in [-0.25, -0.2) is 4.79 Å². The van der Waals surface area contributed by atoms with Crippen LogP contribution in [0, 0.1) is 32.6 Å². The van der Waals surface area contributed by atoms with Crippen LogP contribution in [0.5, 0.6) is 0 Å². The molecular weight excluding hydrogens is 482 g/mol. The Balaban J connectivity index is 1.95. The molecule has 9 heteroatoms. The average molecular weight is 522 g/mol. The largest absolute Gasteiger partial charge is 0.465 e. The fraction of sp³-hybridized carbons (Fsp3) is 0.483. The van der Waals surface area contributed by atoms with E-state index in [0.29, 0.717) is 59.4 Å². The number of nitrogens with zero attached hydrogens (tertiary/aromatic N) is 3. The van der Waals surface area contributed by atoms with E-state index in [4.69, 9.17) is 4.98 Å². The Bertz CT molecular complexity index is 1310. The molecule has 9 nitrogen and oxygen atoms in total. The molecule has 0 radical (unpaired) electrons. The number of aromatic amines is 1. The monoisotopic (exact) mass is 521 g/mol. The van der Waals surface area contributed by atoms with E-state index in [1.54, 1.807) is 12.3 Å². The Hall–Kier alpha value is -3.75. The van der Waals surface area contributed by atoms with Crippen molar-refractivity contribution in [3.8, 4) is 0 Å². The second-order valence-corrected chi connectivity index (χ2v) is 10.3. The number of carbonyl (C=O) groups is 2. The molecule has 2 aromatic rings. The first kappa shape index (κ1) is 28.8. The molecular formula is C29H39N5O4. The molecule has 2 aromatic heterocycles. The van der Waals surface area contributed by atoms with Crippen molar-refractivity contribution in [3.05, 3.63) is 67.9 Å². The number of aliphatic imine (C=N–C) groups is 1. The number of pyridine rings is 2. The van der Waals surface area contributed by atoms with Crippen LogP contribution in [-0.2, 0) is 6.54 Å². The zero-order valence-corrected chi connectivity index (χ0v) is 23.2. The number of hydrogen-bond acceptors (Lipinski definition) is 5. The zero-order valence-electron chi connectivity index (χ0n) is 23.2. The maximum absolute atomic E-state index is 13.5. The summed E-state index contributed by atoms with van der Waals surface area (Å²) in [7, 11) is 0. The first-order valence-electron chi connectivity index (χ1n) is 13.2. The van der Waals surface area contributed by atoms with Gasteiger partial charge in [-0.1, -0.05) is 33.3 Å². The fourth-order valence-corrected chi connectivity index (χ4v) is 4.73. The molecule has 0 saturated carbocycles. The molecule has 1 aliphatic rings. The normalized spacial score (nSPS) is 14.6. The van der Waals surface area contributed by atoms with Crippen molar-refractivity contribution in [1.29, 1.82) is 0 Å². The lowest BCUT2D eigenvalue weighted by atomic mass is 9.93. The van der Waals surface area contributed by atoms with Gasteiger partial charge in [0.05, 0.1) is 11.3 Å². The van der Waals surface area contributed by atoms with Crippen molar-refractivity contribution in [2.45, 2.75) is 60.9 Å². The zero-order chi connectivity index (χ0) is 28.0. The van der Waals surface area contributed by atoms with Gasteiger partial charge in [-0.05, 0) is 62.3 Å². The molecule has 3 heterocycles. The lowest BCUT2D eigenvalue weighted by Gasteiger charge is -2.24. The molecule has 1 aliphatic heterocycles. The number of aryl methyl sites for hydroxylation is 3. The van der Waals surface area contributed by atoms with E-state index >= 15 is 0 Å². The van der Waals surface area contributed by atoms with Crippen LogP contribution in [0.15, 0.2) is 28.0 Å². The molecule has 1 unspecified atom stereocenters. The fourth-order valence-electron chi connectivity index (χ4n) is 4.73. The maximum atomic E-state index is 13.5. The molecule has 0 aliphatic carbocycles. The lowest BCUT2D eigenvalue weighted by molar-refractivity contribution is 0.0950. The van der Waals surface area contributed by atoms with Gasteiger partial charge in [0.15, 0.2) is 0 Å². The molecule has 1 atom stereocenters. The van der Waals surface area contributed by atoms with Crippen LogP contribution in [0.3, 0.4) is 0 Å². The molecule has 0 saturated heterocycles. The number of amides is 2. The van der Waals surface area contributed by atoms with Gasteiger partial charge in [0.1, 0.15) is 0 Å². The van der Waals surface area contributed by atoms with E-state index in [2.05, 4.69) is 36.1 Å². The van der Waals surface area contributed by atoms with Crippen LogP contribution in [0.1, 0.15) is 77.7 Å². The highest BCUT2D eigenvalue weighted by molar-refractivity contribution is 6.03. The smallest absolute Gasteiger partial charge is 0.407 e. The number of hydrogen-bond donors (Lipinski definition) is 3. The van der Waals surface area contributed by atoms with E-state index in [1.807, 2.05) is 32.9 Å². The summed E-state index contributed by atoms with van der Waals surface area (Å²) in [5.41, 5.74) is 5.16. The van der Waals surface area contributed by atoms with E-state index < -0.39 is 6.09 Å². The van der Waals surface area contributed by atoms with Gasteiger partial charge in [-0.2, -0.15) is 0 Å². The Kier molecular flexibility index (Phi) is 9.61. The Labute approximate surface area is 224 Å². The summed E-state index contributed by atoms with van der Waals surface area (Å²) in [4.78, 5) is 50.8. The van der Waals surface area contributed by atoms with Crippen LogP contribution >= 0.6 is 0 Å². The Morgan fingerprint density at radius 2 is 2.00 bits per heavy atom. The number of aromatic nitrogens is 2. The second kappa shape index (κ2) is 12.7. The summed E-state index contributed by atoms with van der Waals surface area (Å²) in [6.45, 7) is 13.4. The second-order valence-electron chi connectivity index (χ2n) is 10.3. The summed E-state index contributed by atoms with van der Waals surface area (Å²) in [6, 6.07) is 3.63. The van der Waals surface area contributed by atoms with Gasteiger partial charge in [0.2, 0.25) is 0 Å². The van der Waals surface area contributed by atoms with Gasteiger partial charge in [-0.3, -0.25) is 19.6 Å². The highest BCUT2D eigenvalue weighted by Crippen LogP contribution is 2.24. The van der Waals surface area contributed by atoms with Crippen molar-refractivity contribution >= 4 is 23.8 Å². The molecule has 3 rings (SSSR count). The van der Waals surface area contributed by atoms with Crippen LogP contribution in [0.2, 0.25) is 0 Å². The molecule has 2 amide bonds. The first-order valence-corrected chi connectivity index (χ1v) is 13.2. The van der Waals surface area contributed by atoms with Crippen molar-refractivity contribution in [2.75, 3.05) is 19.6 Å². The summed E-state index contributed by atoms with van der Waals surface area (Å²) >= 11 is 0. The van der Waals surface area contributed by atoms with Crippen molar-refractivity contribution in [3.63, 3.8) is 0 Å². The standard InChI is InChI=1S/C29H39N5O4/c1-7-21(17(2)3)14-30-15-25-20(6)33-26(22-8-10-34(11-9-22)29(37)38)13-23(25)27(35)31-16-24-18(4)12-19(5)32-28(24)36/h8,12-13,15,17,21H,7,9-11,14,16H2,1-6H3,(H,31,35)(H,32,36)(H,37,38). The summed E-state index contributed by atoms with van der Waals surface area (Å²) < 4.78 is 0. The predicted molar refractivity (Wildman–Crippen MR) is 150 cm³/mol. The van der Waals surface area contributed by atoms with Crippen LogP contribution in [0.4, 0.5) is 4.79 Å². The molecule has 0 fully saturated rings. The minimum atomic E-state index is -0.954. The Morgan fingerprint density at radius 3 is 2.58 bits per heavy atom. The van der Waals surface area contributed by atoms with Gasteiger partial charge < -0.3 is 20.3 Å². The summed E-state index contributed by atoms with van der Waals surface area (Å²) in [5, 5.41) is 12.2. The lowest BCUT2D eigenvalue weighted by Crippen LogP contribution is -2.33.